The third kappa shape index (κ3) is 4.73. The zero-order chi connectivity index (χ0) is 22.6. The summed E-state index contributed by atoms with van der Waals surface area (Å²) in [6, 6.07) is 9.55. The number of carbonyl (C=O) groups excluding carboxylic acids is 1. The molecule has 0 saturated carbocycles. The lowest BCUT2D eigenvalue weighted by molar-refractivity contribution is 0.104. The highest BCUT2D eigenvalue weighted by molar-refractivity contribution is 6.23. The van der Waals surface area contributed by atoms with E-state index in [0.29, 0.717) is 42.4 Å². The molecule has 0 N–H and O–H groups in total. The SMILES string of the molecule is CCOc1cc(OCCN2CCCC2)cc2c1-c1c(OCCN3CCCC3)cccc1C2=O. The molecule has 6 heteroatoms. The van der Waals surface area contributed by atoms with Crippen LogP contribution in [0.4, 0.5) is 0 Å². The van der Waals surface area contributed by atoms with E-state index in [0.717, 1.165) is 56.1 Å². The lowest BCUT2D eigenvalue weighted by Crippen LogP contribution is -2.25. The molecule has 176 valence electrons. The molecule has 0 unspecified atom stereocenters. The van der Waals surface area contributed by atoms with E-state index in [4.69, 9.17) is 14.2 Å². The molecule has 6 nitrogen and oxygen atoms in total. The molecule has 0 amide bonds. The number of hydrogen-bond acceptors (Lipinski definition) is 6. The van der Waals surface area contributed by atoms with Crippen LogP contribution in [0.3, 0.4) is 0 Å². The molecule has 0 atom stereocenters. The van der Waals surface area contributed by atoms with Crippen molar-refractivity contribution in [1.29, 1.82) is 0 Å². The van der Waals surface area contributed by atoms with Gasteiger partial charge in [-0.2, -0.15) is 0 Å². The normalized spacial score (nSPS) is 17.9. The summed E-state index contributed by atoms with van der Waals surface area (Å²) in [5.74, 6) is 2.14. The summed E-state index contributed by atoms with van der Waals surface area (Å²) in [6.07, 6.45) is 5.07. The van der Waals surface area contributed by atoms with Gasteiger partial charge in [0.1, 0.15) is 30.5 Å². The van der Waals surface area contributed by atoms with Gasteiger partial charge in [0.2, 0.25) is 0 Å². The molecule has 2 heterocycles. The average molecular weight is 451 g/mol. The van der Waals surface area contributed by atoms with Crippen LogP contribution in [0.5, 0.6) is 17.2 Å². The Labute approximate surface area is 196 Å². The van der Waals surface area contributed by atoms with Gasteiger partial charge in [0.05, 0.1) is 6.61 Å². The average Bonchev–Trinajstić information content (AvgIpc) is 3.57. The Kier molecular flexibility index (Phi) is 6.83. The third-order valence-corrected chi connectivity index (χ3v) is 6.88. The van der Waals surface area contributed by atoms with Gasteiger partial charge in [-0.05, 0) is 70.9 Å². The van der Waals surface area contributed by atoms with Crippen LogP contribution < -0.4 is 14.2 Å². The van der Waals surface area contributed by atoms with Gasteiger partial charge in [0.25, 0.3) is 0 Å². The van der Waals surface area contributed by atoms with Crippen LogP contribution in [0.15, 0.2) is 30.3 Å². The Morgan fingerprint density at radius 2 is 1.39 bits per heavy atom. The van der Waals surface area contributed by atoms with E-state index in [-0.39, 0.29) is 5.78 Å². The summed E-state index contributed by atoms with van der Waals surface area (Å²) >= 11 is 0. The van der Waals surface area contributed by atoms with Crippen LogP contribution in [-0.2, 0) is 0 Å². The summed E-state index contributed by atoms with van der Waals surface area (Å²) in [7, 11) is 0. The molecule has 0 aromatic heterocycles. The zero-order valence-corrected chi connectivity index (χ0v) is 19.6. The van der Waals surface area contributed by atoms with E-state index in [9.17, 15) is 4.79 Å². The van der Waals surface area contributed by atoms with E-state index < -0.39 is 0 Å². The number of ether oxygens (including phenoxy) is 3. The predicted octanol–water partition coefficient (Wildman–Crippen LogP) is 4.25. The zero-order valence-electron chi connectivity index (χ0n) is 19.6. The second kappa shape index (κ2) is 10.1. The molecule has 0 spiro atoms. The standard InChI is InChI=1S/C27H34N2O4/c1-2-31-24-19-20(32-16-14-28-10-3-4-11-28)18-22-26(24)25-21(27(22)30)8-7-9-23(25)33-17-15-29-12-5-6-13-29/h7-9,18-19H,2-6,10-17H2,1H3. The van der Waals surface area contributed by atoms with Gasteiger partial charge in [0.15, 0.2) is 5.78 Å². The van der Waals surface area contributed by atoms with Crippen LogP contribution in [0, 0.1) is 0 Å². The summed E-state index contributed by atoms with van der Waals surface area (Å²) in [6.45, 7) is 10.1. The Morgan fingerprint density at radius 3 is 2.06 bits per heavy atom. The number of rotatable bonds is 10. The van der Waals surface area contributed by atoms with Crippen LogP contribution in [0.25, 0.3) is 11.1 Å². The fraction of sp³-hybridized carbons (Fsp3) is 0.519. The molecular weight excluding hydrogens is 416 g/mol. The minimum atomic E-state index is 0.0101. The van der Waals surface area contributed by atoms with Crippen molar-refractivity contribution in [1.82, 2.24) is 9.80 Å². The molecular formula is C27H34N2O4. The maximum atomic E-state index is 13.3. The first-order valence-electron chi connectivity index (χ1n) is 12.4. The summed E-state index contributed by atoms with van der Waals surface area (Å²) < 4.78 is 18.3. The molecule has 33 heavy (non-hydrogen) atoms. The van der Waals surface area contributed by atoms with Gasteiger partial charge in [-0.1, -0.05) is 12.1 Å². The van der Waals surface area contributed by atoms with Gasteiger partial charge in [-0.25, -0.2) is 0 Å². The van der Waals surface area contributed by atoms with Crippen LogP contribution >= 0.6 is 0 Å². The van der Waals surface area contributed by atoms with Crippen molar-refractivity contribution >= 4 is 5.78 Å². The van der Waals surface area contributed by atoms with Gasteiger partial charge >= 0.3 is 0 Å². The molecule has 2 aromatic carbocycles. The van der Waals surface area contributed by atoms with Crippen molar-refractivity contribution in [2.45, 2.75) is 32.6 Å². The lowest BCUT2D eigenvalue weighted by atomic mass is 10.0. The molecule has 2 aliphatic heterocycles. The highest BCUT2D eigenvalue weighted by atomic mass is 16.5. The van der Waals surface area contributed by atoms with E-state index in [1.807, 2.05) is 37.3 Å². The summed E-state index contributed by atoms with van der Waals surface area (Å²) in [4.78, 5) is 18.2. The summed E-state index contributed by atoms with van der Waals surface area (Å²) in [5, 5.41) is 0. The Balaban J connectivity index is 1.38. The number of nitrogens with zero attached hydrogens (tertiary/aromatic N) is 2. The second-order valence-corrected chi connectivity index (χ2v) is 9.08. The first-order valence-corrected chi connectivity index (χ1v) is 12.4. The molecule has 2 fully saturated rings. The topological polar surface area (TPSA) is 51.2 Å². The van der Waals surface area contributed by atoms with Crippen LogP contribution in [-0.4, -0.2) is 74.7 Å². The van der Waals surface area contributed by atoms with Crippen molar-refractivity contribution in [2.75, 3.05) is 59.1 Å². The van der Waals surface area contributed by atoms with E-state index >= 15 is 0 Å². The van der Waals surface area contributed by atoms with Crippen molar-refractivity contribution in [3.05, 3.63) is 41.5 Å². The minimum absolute atomic E-state index is 0.0101. The Morgan fingerprint density at radius 1 is 0.758 bits per heavy atom. The van der Waals surface area contributed by atoms with Gasteiger partial charge in [-0.15, -0.1) is 0 Å². The van der Waals surface area contributed by atoms with Crippen molar-refractivity contribution < 1.29 is 19.0 Å². The molecule has 0 radical (unpaired) electrons. The molecule has 1 aliphatic carbocycles. The van der Waals surface area contributed by atoms with Crippen molar-refractivity contribution in [3.63, 3.8) is 0 Å². The van der Waals surface area contributed by atoms with Gasteiger partial charge in [-0.3, -0.25) is 14.6 Å². The van der Waals surface area contributed by atoms with Crippen molar-refractivity contribution in [3.8, 4) is 28.4 Å². The van der Waals surface area contributed by atoms with E-state index in [1.54, 1.807) is 0 Å². The summed E-state index contributed by atoms with van der Waals surface area (Å²) in [5.41, 5.74) is 3.01. The quantitative estimate of drug-likeness (QED) is 0.460. The first-order chi connectivity index (χ1) is 16.2. The largest absolute Gasteiger partial charge is 0.493 e. The molecule has 5 rings (SSSR count). The molecule has 2 saturated heterocycles. The van der Waals surface area contributed by atoms with Gasteiger partial charge in [0, 0.05) is 41.4 Å². The molecule has 2 aromatic rings. The minimum Gasteiger partial charge on any atom is -0.493 e. The number of benzene rings is 2. The van der Waals surface area contributed by atoms with E-state index in [2.05, 4.69) is 9.80 Å². The smallest absolute Gasteiger partial charge is 0.194 e. The maximum absolute atomic E-state index is 13.3. The fourth-order valence-corrected chi connectivity index (χ4v) is 5.21. The monoisotopic (exact) mass is 450 g/mol. The predicted molar refractivity (Wildman–Crippen MR) is 129 cm³/mol. The van der Waals surface area contributed by atoms with Crippen LogP contribution in [0.2, 0.25) is 0 Å². The van der Waals surface area contributed by atoms with Crippen molar-refractivity contribution in [2.24, 2.45) is 0 Å². The maximum Gasteiger partial charge on any atom is 0.194 e. The van der Waals surface area contributed by atoms with Crippen LogP contribution in [0.1, 0.15) is 48.5 Å². The van der Waals surface area contributed by atoms with Gasteiger partial charge < -0.3 is 14.2 Å². The molecule has 0 bridgehead atoms. The Bertz CT molecular complexity index is 994. The number of fused-ring (bicyclic) bond motifs is 3. The lowest BCUT2D eigenvalue weighted by Gasteiger charge is -2.18. The number of ketones is 1. The highest BCUT2D eigenvalue weighted by Gasteiger charge is 2.33. The number of likely N-dealkylation sites (tertiary alicyclic amines) is 2. The number of hydrogen-bond donors (Lipinski definition) is 0. The number of carbonyl (C=O) groups is 1. The third-order valence-electron chi connectivity index (χ3n) is 6.88. The van der Waals surface area contributed by atoms with E-state index in [1.165, 1.54) is 25.7 Å². The fourth-order valence-electron chi connectivity index (χ4n) is 5.21. The first kappa shape index (κ1) is 22.2. The highest BCUT2D eigenvalue weighted by Crippen LogP contribution is 2.49. The second-order valence-electron chi connectivity index (χ2n) is 9.08. The Hall–Kier alpha value is -2.57. The molecule has 3 aliphatic rings.